The van der Waals surface area contributed by atoms with Crippen LogP contribution in [0.3, 0.4) is 0 Å². The van der Waals surface area contributed by atoms with Crippen LogP contribution in [0.5, 0.6) is 0 Å². The van der Waals surface area contributed by atoms with E-state index in [4.69, 9.17) is 34.4 Å². The number of primary amides is 1. The van der Waals surface area contributed by atoms with Gasteiger partial charge in [0.15, 0.2) is 0 Å². The fourth-order valence-electron chi connectivity index (χ4n) is 12.5. The van der Waals surface area contributed by atoms with E-state index in [1.165, 1.54) is 25.7 Å². The third kappa shape index (κ3) is 39.0. The number of hydrogen-bond acceptors (Lipinski definition) is 26. The maximum Gasteiger partial charge on any atom is 0.303 e. The van der Waals surface area contributed by atoms with Crippen LogP contribution in [-0.2, 0) is 81.5 Å². The van der Waals surface area contributed by atoms with Crippen molar-refractivity contribution in [3.05, 3.63) is 0 Å². The number of nitrogens with two attached hydrogens (primary N) is 6. The summed E-state index contributed by atoms with van der Waals surface area (Å²) >= 11 is 4.25. The van der Waals surface area contributed by atoms with E-state index in [0.29, 0.717) is 63.5 Å². The molecular formula is C74H134N20O22S. The molecular weight excluding hydrogens is 1550 g/mol. The van der Waals surface area contributed by atoms with E-state index in [9.17, 15) is 107 Å². The summed E-state index contributed by atoms with van der Waals surface area (Å²) in [6, 6.07) is -21.3. The van der Waals surface area contributed by atoms with Gasteiger partial charge in [0, 0.05) is 19.4 Å². The number of nitrogens with zero attached hydrogens (tertiary/aromatic N) is 1. The molecule has 1 heterocycles. The number of thiol groups is 1. The number of aliphatic hydroxyl groups excluding tert-OH is 3. The number of unbranched alkanes of at least 4 members (excludes halogenated alkanes) is 5. The lowest BCUT2D eigenvalue weighted by Gasteiger charge is -2.32. The first-order chi connectivity index (χ1) is 55.4. The molecule has 15 amide bonds. The Labute approximate surface area is 688 Å². The minimum absolute atomic E-state index is 0.0549. The van der Waals surface area contributed by atoms with Crippen LogP contribution in [0.15, 0.2) is 0 Å². The van der Waals surface area contributed by atoms with Crippen molar-refractivity contribution >= 4 is 113 Å². The van der Waals surface area contributed by atoms with Gasteiger partial charge in [-0.3, -0.25) is 81.5 Å². The molecule has 17 atom stereocenters. The number of carboxylic acid groups (broad SMARTS) is 2. The van der Waals surface area contributed by atoms with Gasteiger partial charge in [-0.05, 0) is 172 Å². The number of aliphatic hydroxyl groups is 3. The maximum atomic E-state index is 14.7. The monoisotopic (exact) mass is 1690 g/mol. The van der Waals surface area contributed by atoms with Gasteiger partial charge in [-0.25, -0.2) is 0 Å². The first kappa shape index (κ1) is 106. The number of carbonyl (C=O) groups is 17. The van der Waals surface area contributed by atoms with Crippen molar-refractivity contribution in [2.45, 2.75) is 287 Å². The zero-order valence-electron chi connectivity index (χ0n) is 68.6. The largest absolute Gasteiger partial charge is 0.481 e. The lowest BCUT2D eigenvalue weighted by atomic mass is 9.96. The van der Waals surface area contributed by atoms with Crippen molar-refractivity contribution < 1.29 is 107 Å². The first-order valence-corrected chi connectivity index (χ1v) is 41.0. The summed E-state index contributed by atoms with van der Waals surface area (Å²) in [6.45, 7) is 9.28. The Morgan fingerprint density at radius 3 is 1.01 bits per heavy atom. The number of carbonyl (C=O) groups excluding carboxylic acids is 15. The zero-order valence-corrected chi connectivity index (χ0v) is 69.4. The van der Waals surface area contributed by atoms with Gasteiger partial charge >= 0.3 is 11.9 Å². The summed E-state index contributed by atoms with van der Waals surface area (Å²) in [6.07, 6.45) is -0.146. The Balaban J connectivity index is 3.66. The van der Waals surface area contributed by atoms with Gasteiger partial charge in [-0.1, -0.05) is 60.8 Å². The molecule has 1 rings (SSSR count). The van der Waals surface area contributed by atoms with Gasteiger partial charge < -0.3 is 134 Å². The lowest BCUT2D eigenvalue weighted by molar-refractivity contribution is -0.142. The van der Waals surface area contributed by atoms with Gasteiger partial charge in [0.1, 0.15) is 84.6 Å². The fraction of sp³-hybridized carbons (Fsp3) is 0.770. The fourth-order valence-corrected chi connectivity index (χ4v) is 12.7. The van der Waals surface area contributed by atoms with Crippen LogP contribution in [0.2, 0.25) is 0 Å². The van der Waals surface area contributed by atoms with Gasteiger partial charge in [0.2, 0.25) is 88.6 Å². The molecule has 117 heavy (non-hydrogen) atoms. The molecule has 0 radical (unpaired) electrons. The highest BCUT2D eigenvalue weighted by Crippen LogP contribution is 2.22. The molecule has 1 saturated heterocycles. The molecule has 0 bridgehead atoms. The molecule has 0 saturated carbocycles. The number of amides is 15. The minimum Gasteiger partial charge on any atom is -0.481 e. The number of rotatable bonds is 62. The second-order valence-corrected chi connectivity index (χ2v) is 30.1. The summed E-state index contributed by atoms with van der Waals surface area (Å²) in [5, 5.41) is 83.8. The standard InChI is InChI=1S/C74H134N20O22S/c1-8-41(5)58(72(114)93-60(43(7)97)73(115)87-47(25-14-19-36-117)65(107)89-52(39-96)70(112)92-59(42(6)9-2)74(116)94-35-20-26-53(94)61(80)103)91-67(109)48(24-13-18-34-78)83-63(105)46(23-12-17-33-77)86-71(113)57(40(3)4)90-68(110)50(28-30-56(101)102)84-66(108)49(27-29-55(99)100)85-69(111)51(38-95)88-64(106)45(22-11-16-32-76)82-62(104)44(21-10-15-31-75)81-54(98)37-79/h40-53,57-60,95-97,117H,8-39,75-79H2,1-7H3,(H2,80,103)(H,81,98)(H,82,104)(H,83,105)(H,84,108)(H,85,111)(H,86,113)(H,87,115)(H,88,106)(H,89,107)(H,90,110)(H,91,109)(H,92,112)(H,93,114)(H,99,100)(H,101,102)/t41-,42-,43+,44-,45-,46-,47-,48-,49-,50-,51-,52-,53-,57-,58-,59-,60-/m0/s1. The Bertz CT molecular complexity index is 3220. The summed E-state index contributed by atoms with van der Waals surface area (Å²) in [5.41, 5.74) is 34.0. The molecule has 0 aromatic rings. The van der Waals surface area contributed by atoms with E-state index < -0.39 is 254 Å². The highest BCUT2D eigenvalue weighted by molar-refractivity contribution is 7.80. The van der Waals surface area contributed by atoms with Crippen molar-refractivity contribution in [1.29, 1.82) is 0 Å². The quantitative estimate of drug-likeness (QED) is 0.0199. The SMILES string of the molecule is CC[C@H](C)[C@H](NC(=O)[C@H](CCCCN)NC(=O)[C@H](CCCCN)NC(=O)[C@@H](NC(=O)[C@H](CCC(=O)O)NC(=O)[C@H](CCC(=O)O)NC(=O)[C@H](CO)NC(=O)[C@H](CCCCN)NC(=O)[C@H](CCCCN)NC(=O)CN)C(C)C)C(=O)N[C@H](C(=O)N[C@@H](CCCCS)C(=O)N[C@@H](CO)C(=O)N[C@H](C(=O)N1CCC[C@H]1C(N)=O)[C@@H](C)CC)[C@@H](C)O. The molecule has 30 N–H and O–H groups in total. The molecule has 1 fully saturated rings. The van der Waals surface area contributed by atoms with Gasteiger partial charge in [0.05, 0.1) is 25.9 Å². The predicted molar refractivity (Wildman–Crippen MR) is 431 cm³/mol. The minimum atomic E-state index is -1.88. The van der Waals surface area contributed by atoms with Crippen LogP contribution in [0.25, 0.3) is 0 Å². The number of likely N-dealkylation sites (tertiary alicyclic amines) is 1. The van der Waals surface area contributed by atoms with Crippen molar-refractivity contribution in [1.82, 2.24) is 74.0 Å². The molecule has 1 aliphatic heterocycles. The molecule has 0 aliphatic carbocycles. The molecule has 1 aliphatic rings. The van der Waals surface area contributed by atoms with E-state index in [1.807, 2.05) is 0 Å². The Morgan fingerprint density at radius 2 is 0.675 bits per heavy atom. The summed E-state index contributed by atoms with van der Waals surface area (Å²) < 4.78 is 0. The summed E-state index contributed by atoms with van der Waals surface area (Å²) in [5.74, 6) is -19.0. The second-order valence-electron chi connectivity index (χ2n) is 29.7. The molecule has 0 aromatic heterocycles. The molecule has 43 heteroatoms. The normalized spacial score (nSPS) is 16.7. The second kappa shape index (κ2) is 58.0. The number of carboxylic acids is 2. The lowest BCUT2D eigenvalue weighted by Crippen LogP contribution is -2.63. The van der Waals surface area contributed by atoms with Gasteiger partial charge in [-0.15, -0.1) is 0 Å². The van der Waals surface area contributed by atoms with E-state index in [-0.39, 0.29) is 96.9 Å². The third-order valence-corrected chi connectivity index (χ3v) is 20.3. The average molecular weight is 1690 g/mol. The van der Waals surface area contributed by atoms with Crippen molar-refractivity contribution in [3.63, 3.8) is 0 Å². The number of nitrogens with one attached hydrogen (secondary N) is 13. The van der Waals surface area contributed by atoms with E-state index in [0.717, 1.165) is 0 Å². The zero-order chi connectivity index (χ0) is 88.6. The van der Waals surface area contributed by atoms with Crippen LogP contribution >= 0.6 is 12.6 Å². The Morgan fingerprint density at radius 1 is 0.385 bits per heavy atom. The smallest absolute Gasteiger partial charge is 0.303 e. The number of aliphatic carboxylic acids is 2. The van der Waals surface area contributed by atoms with Crippen LogP contribution < -0.4 is 104 Å². The summed E-state index contributed by atoms with van der Waals surface area (Å²) in [7, 11) is 0. The maximum absolute atomic E-state index is 14.7. The summed E-state index contributed by atoms with van der Waals surface area (Å²) in [4.78, 5) is 234. The average Bonchev–Trinajstić information content (AvgIpc) is 1.79. The Kier molecular flexibility index (Phi) is 52.6. The van der Waals surface area contributed by atoms with Crippen LogP contribution in [0.1, 0.15) is 196 Å². The Hall–Kier alpha value is -8.98. The molecule has 42 nitrogen and oxygen atoms in total. The highest BCUT2D eigenvalue weighted by Gasteiger charge is 2.42. The molecule has 668 valence electrons. The van der Waals surface area contributed by atoms with E-state index >= 15 is 0 Å². The van der Waals surface area contributed by atoms with Gasteiger partial charge in [-0.2, -0.15) is 12.6 Å². The third-order valence-electron chi connectivity index (χ3n) is 20.0. The van der Waals surface area contributed by atoms with Crippen LogP contribution in [0.4, 0.5) is 0 Å². The van der Waals surface area contributed by atoms with Gasteiger partial charge in [0.25, 0.3) is 0 Å². The molecule has 0 spiro atoms. The topological polar surface area (TPSA) is 707 Å². The van der Waals surface area contributed by atoms with Crippen molar-refractivity contribution in [3.8, 4) is 0 Å². The predicted octanol–water partition coefficient (Wildman–Crippen LogP) is -6.82. The first-order valence-electron chi connectivity index (χ1n) is 40.4. The highest BCUT2D eigenvalue weighted by atomic mass is 32.1. The number of hydrogen-bond donors (Lipinski definition) is 25. The molecule has 0 aromatic carbocycles. The van der Waals surface area contributed by atoms with E-state index in [1.54, 1.807) is 27.7 Å². The van der Waals surface area contributed by atoms with Crippen molar-refractivity contribution in [2.24, 2.45) is 52.2 Å². The van der Waals surface area contributed by atoms with Crippen molar-refractivity contribution in [2.75, 3.05) is 58.2 Å². The van der Waals surface area contributed by atoms with Crippen LogP contribution in [-0.4, -0.2) is 280 Å². The van der Waals surface area contributed by atoms with E-state index in [2.05, 4.69) is 81.7 Å². The van der Waals surface area contributed by atoms with Crippen LogP contribution in [0, 0.1) is 17.8 Å². The molecule has 0 unspecified atom stereocenters.